The average Bonchev–Trinajstić information content (AvgIpc) is 2.49. The second-order valence-corrected chi connectivity index (χ2v) is 6.93. The SMILES string of the molecule is Cc1ccc([C@@H](CNC(=O)CC(C)C)N2CCCCC2)cc1. The highest BCUT2D eigenvalue weighted by atomic mass is 16.1. The molecule has 122 valence electrons. The molecular formula is C19H30N2O. The van der Waals surface area contributed by atoms with Gasteiger partial charge in [0, 0.05) is 13.0 Å². The summed E-state index contributed by atoms with van der Waals surface area (Å²) in [7, 11) is 0. The first-order valence-electron chi connectivity index (χ1n) is 8.63. The number of amides is 1. The number of nitrogens with one attached hydrogen (secondary N) is 1. The van der Waals surface area contributed by atoms with Crippen molar-refractivity contribution in [3.8, 4) is 0 Å². The van der Waals surface area contributed by atoms with Gasteiger partial charge in [0.25, 0.3) is 0 Å². The van der Waals surface area contributed by atoms with E-state index in [9.17, 15) is 4.79 Å². The van der Waals surface area contributed by atoms with Gasteiger partial charge in [-0.3, -0.25) is 9.69 Å². The summed E-state index contributed by atoms with van der Waals surface area (Å²) in [6, 6.07) is 9.06. The van der Waals surface area contributed by atoms with E-state index >= 15 is 0 Å². The molecule has 1 fully saturated rings. The Hall–Kier alpha value is -1.35. The summed E-state index contributed by atoms with van der Waals surface area (Å²) in [5.41, 5.74) is 2.60. The Labute approximate surface area is 135 Å². The molecule has 3 heteroatoms. The summed E-state index contributed by atoms with van der Waals surface area (Å²) >= 11 is 0. The summed E-state index contributed by atoms with van der Waals surface area (Å²) in [5.74, 6) is 0.580. The third-order valence-corrected chi connectivity index (χ3v) is 4.38. The van der Waals surface area contributed by atoms with Crippen molar-refractivity contribution in [2.45, 2.75) is 52.5 Å². The number of likely N-dealkylation sites (tertiary alicyclic amines) is 1. The minimum absolute atomic E-state index is 0.170. The molecule has 0 radical (unpaired) electrons. The van der Waals surface area contributed by atoms with Gasteiger partial charge in [-0.05, 0) is 44.3 Å². The molecule has 0 spiro atoms. The van der Waals surface area contributed by atoms with Crippen LogP contribution in [0.2, 0.25) is 0 Å². The van der Waals surface area contributed by atoms with Crippen LogP contribution in [0, 0.1) is 12.8 Å². The number of rotatable bonds is 6. The van der Waals surface area contributed by atoms with E-state index in [1.807, 2.05) is 0 Å². The molecule has 22 heavy (non-hydrogen) atoms. The van der Waals surface area contributed by atoms with E-state index in [1.54, 1.807) is 0 Å². The summed E-state index contributed by atoms with van der Waals surface area (Å²) < 4.78 is 0. The Bertz CT molecular complexity index is 461. The topological polar surface area (TPSA) is 32.3 Å². The van der Waals surface area contributed by atoms with Crippen LogP contribution >= 0.6 is 0 Å². The van der Waals surface area contributed by atoms with E-state index in [4.69, 9.17) is 0 Å². The Balaban J connectivity index is 2.04. The Morgan fingerprint density at radius 2 is 1.77 bits per heavy atom. The van der Waals surface area contributed by atoms with Crippen LogP contribution in [0.4, 0.5) is 0 Å². The van der Waals surface area contributed by atoms with Crippen LogP contribution < -0.4 is 5.32 Å². The van der Waals surface area contributed by atoms with Crippen LogP contribution in [-0.4, -0.2) is 30.4 Å². The fourth-order valence-corrected chi connectivity index (χ4v) is 3.13. The highest BCUT2D eigenvalue weighted by Gasteiger charge is 2.22. The van der Waals surface area contributed by atoms with E-state index in [0.29, 0.717) is 24.9 Å². The Kier molecular flexibility index (Phi) is 6.44. The maximum atomic E-state index is 12.0. The maximum Gasteiger partial charge on any atom is 0.220 e. The van der Waals surface area contributed by atoms with E-state index in [2.05, 4.69) is 55.3 Å². The van der Waals surface area contributed by atoms with Crippen LogP contribution in [-0.2, 0) is 4.79 Å². The average molecular weight is 302 g/mol. The van der Waals surface area contributed by atoms with Gasteiger partial charge in [-0.25, -0.2) is 0 Å². The summed E-state index contributed by atoms with van der Waals surface area (Å²) in [5, 5.41) is 3.14. The van der Waals surface area contributed by atoms with Crippen molar-refractivity contribution in [2.24, 2.45) is 5.92 Å². The largest absolute Gasteiger partial charge is 0.354 e. The molecule has 0 saturated carbocycles. The molecule has 1 N–H and O–H groups in total. The quantitative estimate of drug-likeness (QED) is 0.869. The van der Waals surface area contributed by atoms with Crippen molar-refractivity contribution < 1.29 is 4.79 Å². The lowest BCUT2D eigenvalue weighted by Gasteiger charge is -2.35. The van der Waals surface area contributed by atoms with Crippen molar-refractivity contribution in [3.05, 3.63) is 35.4 Å². The van der Waals surface area contributed by atoms with Crippen LogP contribution in [0.1, 0.15) is 56.7 Å². The Morgan fingerprint density at radius 1 is 1.14 bits per heavy atom. The van der Waals surface area contributed by atoms with Gasteiger partial charge < -0.3 is 5.32 Å². The lowest BCUT2D eigenvalue weighted by Crippen LogP contribution is -2.40. The number of hydrogen-bond donors (Lipinski definition) is 1. The van der Waals surface area contributed by atoms with E-state index in [0.717, 1.165) is 13.1 Å². The highest BCUT2D eigenvalue weighted by Crippen LogP contribution is 2.24. The molecule has 0 aliphatic carbocycles. The van der Waals surface area contributed by atoms with Crippen LogP contribution in [0.3, 0.4) is 0 Å². The molecule has 0 bridgehead atoms. The van der Waals surface area contributed by atoms with Gasteiger partial charge in [-0.15, -0.1) is 0 Å². The first-order valence-corrected chi connectivity index (χ1v) is 8.63. The predicted molar refractivity (Wildman–Crippen MR) is 91.8 cm³/mol. The summed E-state index contributed by atoms with van der Waals surface area (Å²) in [6.07, 6.45) is 4.47. The minimum Gasteiger partial charge on any atom is -0.354 e. The predicted octanol–water partition coefficient (Wildman–Crippen LogP) is 3.68. The number of carbonyl (C=O) groups excluding carboxylic acids is 1. The summed E-state index contributed by atoms with van der Waals surface area (Å²) in [4.78, 5) is 14.5. The zero-order valence-electron chi connectivity index (χ0n) is 14.3. The zero-order chi connectivity index (χ0) is 15.9. The van der Waals surface area contributed by atoms with Crippen LogP contribution in [0.5, 0.6) is 0 Å². The fourth-order valence-electron chi connectivity index (χ4n) is 3.13. The van der Waals surface area contributed by atoms with Gasteiger partial charge in [0.05, 0.1) is 6.04 Å². The number of carbonyl (C=O) groups is 1. The molecular weight excluding hydrogens is 272 g/mol. The molecule has 3 nitrogen and oxygen atoms in total. The molecule has 1 aromatic rings. The Morgan fingerprint density at radius 3 is 2.36 bits per heavy atom. The van der Waals surface area contributed by atoms with Crippen molar-refractivity contribution in [3.63, 3.8) is 0 Å². The van der Waals surface area contributed by atoms with Gasteiger partial charge in [0.1, 0.15) is 0 Å². The first kappa shape index (κ1) is 17.0. The molecule has 1 atom stereocenters. The zero-order valence-corrected chi connectivity index (χ0v) is 14.3. The minimum atomic E-state index is 0.170. The van der Waals surface area contributed by atoms with Gasteiger partial charge in [-0.2, -0.15) is 0 Å². The lowest BCUT2D eigenvalue weighted by molar-refractivity contribution is -0.122. The number of piperidine rings is 1. The molecule has 1 amide bonds. The first-order chi connectivity index (χ1) is 10.6. The highest BCUT2D eigenvalue weighted by molar-refractivity contribution is 5.76. The second-order valence-electron chi connectivity index (χ2n) is 6.93. The van der Waals surface area contributed by atoms with Crippen molar-refractivity contribution in [2.75, 3.05) is 19.6 Å². The third kappa shape index (κ3) is 5.13. The number of nitrogens with zero attached hydrogens (tertiary/aromatic N) is 1. The molecule has 1 aliphatic rings. The number of hydrogen-bond acceptors (Lipinski definition) is 2. The third-order valence-electron chi connectivity index (χ3n) is 4.38. The van der Waals surface area contributed by atoms with Gasteiger partial charge in [-0.1, -0.05) is 50.1 Å². The number of benzene rings is 1. The van der Waals surface area contributed by atoms with Crippen molar-refractivity contribution >= 4 is 5.91 Å². The van der Waals surface area contributed by atoms with Crippen LogP contribution in [0.25, 0.3) is 0 Å². The molecule has 1 aliphatic heterocycles. The van der Waals surface area contributed by atoms with Crippen molar-refractivity contribution in [1.82, 2.24) is 10.2 Å². The fraction of sp³-hybridized carbons (Fsp3) is 0.632. The molecule has 1 saturated heterocycles. The molecule has 2 rings (SSSR count). The normalized spacial score (nSPS) is 17.5. The molecule has 0 unspecified atom stereocenters. The number of aryl methyl sites for hydroxylation is 1. The van der Waals surface area contributed by atoms with Gasteiger partial charge >= 0.3 is 0 Å². The van der Waals surface area contributed by atoms with Gasteiger partial charge in [0.15, 0.2) is 0 Å². The van der Waals surface area contributed by atoms with Gasteiger partial charge in [0.2, 0.25) is 5.91 Å². The lowest BCUT2D eigenvalue weighted by atomic mass is 10.0. The molecule has 1 heterocycles. The maximum absolute atomic E-state index is 12.0. The van der Waals surface area contributed by atoms with Crippen molar-refractivity contribution in [1.29, 1.82) is 0 Å². The van der Waals surface area contributed by atoms with E-state index in [-0.39, 0.29) is 5.91 Å². The molecule has 0 aromatic heterocycles. The monoisotopic (exact) mass is 302 g/mol. The smallest absolute Gasteiger partial charge is 0.220 e. The standard InChI is InChI=1S/C19H30N2O/c1-15(2)13-19(22)20-14-18(21-11-5-4-6-12-21)17-9-7-16(3)8-10-17/h7-10,15,18H,4-6,11-14H2,1-3H3,(H,20,22)/t18-/m1/s1. The molecule has 1 aromatic carbocycles. The summed E-state index contributed by atoms with van der Waals surface area (Å²) in [6.45, 7) is 9.28. The van der Waals surface area contributed by atoms with E-state index < -0.39 is 0 Å². The second kappa shape index (κ2) is 8.33. The van der Waals surface area contributed by atoms with Crippen LogP contribution in [0.15, 0.2) is 24.3 Å². The van der Waals surface area contributed by atoms with E-state index in [1.165, 1.54) is 30.4 Å².